The molecule has 0 radical (unpaired) electrons. The van der Waals surface area contributed by atoms with E-state index in [2.05, 4.69) is 21.5 Å². The van der Waals surface area contributed by atoms with E-state index in [1.807, 2.05) is 43.3 Å². The second-order valence-corrected chi connectivity index (χ2v) is 6.35. The van der Waals surface area contributed by atoms with Gasteiger partial charge in [-0.25, -0.2) is 4.98 Å². The summed E-state index contributed by atoms with van der Waals surface area (Å²) in [6.45, 7) is 0.567. The second-order valence-electron chi connectivity index (χ2n) is 6.35. The maximum absolute atomic E-state index is 12.2. The zero-order valence-electron chi connectivity index (χ0n) is 15.3. The van der Waals surface area contributed by atoms with Gasteiger partial charge in [0, 0.05) is 32.6 Å². The monoisotopic (exact) mass is 360 g/mol. The summed E-state index contributed by atoms with van der Waals surface area (Å²) in [7, 11) is 3.84. The lowest BCUT2D eigenvalue weighted by molar-refractivity contribution is -0.115. The first-order valence-corrected chi connectivity index (χ1v) is 8.48. The molecule has 7 heteroatoms. The van der Waals surface area contributed by atoms with Gasteiger partial charge in [0.05, 0.1) is 24.6 Å². The molecule has 0 saturated heterocycles. The SMILES string of the molecule is CN(C)c1ccc(CC(=O)Nc2ccn(Cc3ccc(C#N)cc3)n2)cn1. The van der Waals surface area contributed by atoms with Crippen LogP contribution < -0.4 is 10.2 Å². The summed E-state index contributed by atoms with van der Waals surface area (Å²) in [5, 5.41) is 16.0. The molecule has 1 N–H and O–H groups in total. The van der Waals surface area contributed by atoms with Crippen LogP contribution in [0.4, 0.5) is 11.6 Å². The number of pyridine rings is 1. The fraction of sp³-hybridized carbons (Fsp3) is 0.200. The molecule has 0 spiro atoms. The minimum absolute atomic E-state index is 0.141. The van der Waals surface area contributed by atoms with Gasteiger partial charge in [-0.2, -0.15) is 10.4 Å². The number of hydrogen-bond donors (Lipinski definition) is 1. The van der Waals surface area contributed by atoms with Gasteiger partial charge in [-0.15, -0.1) is 0 Å². The Balaban J connectivity index is 1.56. The molecule has 27 heavy (non-hydrogen) atoms. The molecule has 0 aliphatic rings. The van der Waals surface area contributed by atoms with Crippen LogP contribution in [-0.2, 0) is 17.8 Å². The number of carbonyl (C=O) groups is 1. The third-order valence-electron chi connectivity index (χ3n) is 3.97. The molecule has 136 valence electrons. The average Bonchev–Trinajstić information content (AvgIpc) is 3.09. The van der Waals surface area contributed by atoms with Crippen LogP contribution in [0, 0.1) is 11.3 Å². The topological polar surface area (TPSA) is 86.8 Å². The van der Waals surface area contributed by atoms with Crippen molar-refractivity contribution in [3.05, 3.63) is 71.5 Å². The first-order chi connectivity index (χ1) is 13.0. The molecule has 0 unspecified atom stereocenters. The van der Waals surface area contributed by atoms with E-state index in [-0.39, 0.29) is 12.3 Å². The largest absolute Gasteiger partial charge is 0.363 e. The highest BCUT2D eigenvalue weighted by Crippen LogP contribution is 2.11. The number of rotatable bonds is 6. The van der Waals surface area contributed by atoms with Crippen LogP contribution in [0.5, 0.6) is 0 Å². The number of benzene rings is 1. The number of carbonyl (C=O) groups excluding carboxylic acids is 1. The summed E-state index contributed by atoms with van der Waals surface area (Å²) in [4.78, 5) is 18.4. The molecule has 2 heterocycles. The summed E-state index contributed by atoms with van der Waals surface area (Å²) in [5.74, 6) is 1.21. The summed E-state index contributed by atoms with van der Waals surface area (Å²) < 4.78 is 1.74. The first kappa shape index (κ1) is 18.1. The third-order valence-corrected chi connectivity index (χ3v) is 3.97. The van der Waals surface area contributed by atoms with Gasteiger partial charge < -0.3 is 10.2 Å². The maximum Gasteiger partial charge on any atom is 0.230 e. The Kier molecular flexibility index (Phi) is 5.47. The highest BCUT2D eigenvalue weighted by Gasteiger charge is 2.08. The van der Waals surface area contributed by atoms with Gasteiger partial charge in [0.2, 0.25) is 5.91 Å². The molecule has 0 bridgehead atoms. The standard InChI is InChI=1S/C20H20N6O/c1-25(2)19-8-7-17(13-22-19)11-20(27)23-18-9-10-26(24-18)14-16-5-3-15(12-21)4-6-16/h3-10,13H,11,14H2,1-2H3,(H,23,24,27). The molecule has 0 aliphatic heterocycles. The summed E-state index contributed by atoms with van der Waals surface area (Å²) >= 11 is 0. The number of hydrogen-bond acceptors (Lipinski definition) is 5. The van der Waals surface area contributed by atoms with Gasteiger partial charge in [0.25, 0.3) is 0 Å². The predicted octanol–water partition coefficient (Wildman–Crippen LogP) is 2.45. The van der Waals surface area contributed by atoms with Crippen LogP contribution in [0.15, 0.2) is 54.9 Å². The molecule has 1 aromatic carbocycles. The van der Waals surface area contributed by atoms with Gasteiger partial charge in [-0.05, 0) is 29.3 Å². The van der Waals surface area contributed by atoms with Crippen molar-refractivity contribution < 1.29 is 4.79 Å². The van der Waals surface area contributed by atoms with E-state index in [1.54, 1.807) is 35.3 Å². The van der Waals surface area contributed by atoms with Crippen molar-refractivity contribution in [2.24, 2.45) is 0 Å². The normalized spacial score (nSPS) is 10.3. The molecule has 0 aliphatic carbocycles. The van der Waals surface area contributed by atoms with Gasteiger partial charge >= 0.3 is 0 Å². The van der Waals surface area contributed by atoms with E-state index in [0.717, 1.165) is 16.9 Å². The Morgan fingerprint density at radius 3 is 2.52 bits per heavy atom. The Labute approximate surface area is 157 Å². The zero-order chi connectivity index (χ0) is 19.2. The van der Waals surface area contributed by atoms with Crippen LogP contribution in [-0.4, -0.2) is 34.8 Å². The van der Waals surface area contributed by atoms with E-state index in [0.29, 0.717) is 17.9 Å². The number of aromatic nitrogens is 3. The van der Waals surface area contributed by atoms with Crippen LogP contribution in [0.3, 0.4) is 0 Å². The number of nitrogens with zero attached hydrogens (tertiary/aromatic N) is 5. The Morgan fingerprint density at radius 2 is 1.89 bits per heavy atom. The average molecular weight is 360 g/mol. The molecule has 0 saturated carbocycles. The summed E-state index contributed by atoms with van der Waals surface area (Å²) in [6, 6.07) is 15.0. The van der Waals surface area contributed by atoms with Crippen molar-refractivity contribution in [1.29, 1.82) is 5.26 Å². The molecule has 0 atom stereocenters. The number of nitriles is 1. The van der Waals surface area contributed by atoms with Crippen molar-refractivity contribution in [3.63, 3.8) is 0 Å². The van der Waals surface area contributed by atoms with Crippen molar-refractivity contribution in [2.45, 2.75) is 13.0 Å². The van der Waals surface area contributed by atoms with Gasteiger partial charge in [-0.1, -0.05) is 18.2 Å². The molecular formula is C20H20N6O. The number of amides is 1. The minimum atomic E-state index is -0.141. The molecule has 2 aromatic heterocycles. The van der Waals surface area contributed by atoms with Crippen molar-refractivity contribution in [3.8, 4) is 6.07 Å². The van der Waals surface area contributed by atoms with E-state index in [1.165, 1.54) is 0 Å². The van der Waals surface area contributed by atoms with E-state index >= 15 is 0 Å². The van der Waals surface area contributed by atoms with Crippen molar-refractivity contribution >= 4 is 17.5 Å². The Morgan fingerprint density at radius 1 is 1.15 bits per heavy atom. The lowest BCUT2D eigenvalue weighted by atomic mass is 10.1. The van der Waals surface area contributed by atoms with Gasteiger partial charge in [0.15, 0.2) is 5.82 Å². The smallest absolute Gasteiger partial charge is 0.230 e. The summed E-state index contributed by atoms with van der Waals surface area (Å²) in [5.41, 5.74) is 2.50. The van der Waals surface area contributed by atoms with Crippen LogP contribution in [0.2, 0.25) is 0 Å². The molecule has 1 amide bonds. The third kappa shape index (κ3) is 4.92. The van der Waals surface area contributed by atoms with Crippen molar-refractivity contribution in [2.75, 3.05) is 24.3 Å². The quantitative estimate of drug-likeness (QED) is 0.730. The maximum atomic E-state index is 12.2. The van der Waals surface area contributed by atoms with Crippen LogP contribution in [0.25, 0.3) is 0 Å². The minimum Gasteiger partial charge on any atom is -0.363 e. The molecular weight excluding hydrogens is 340 g/mol. The van der Waals surface area contributed by atoms with E-state index in [9.17, 15) is 4.79 Å². The van der Waals surface area contributed by atoms with Crippen LogP contribution >= 0.6 is 0 Å². The van der Waals surface area contributed by atoms with E-state index in [4.69, 9.17) is 5.26 Å². The molecule has 3 rings (SSSR count). The van der Waals surface area contributed by atoms with Crippen molar-refractivity contribution in [1.82, 2.24) is 14.8 Å². The van der Waals surface area contributed by atoms with Crippen LogP contribution in [0.1, 0.15) is 16.7 Å². The second kappa shape index (κ2) is 8.15. The molecule has 7 nitrogen and oxygen atoms in total. The Bertz CT molecular complexity index is 951. The number of anilines is 2. The lowest BCUT2D eigenvalue weighted by Crippen LogP contribution is -2.16. The fourth-order valence-electron chi connectivity index (χ4n) is 2.55. The van der Waals surface area contributed by atoms with E-state index < -0.39 is 0 Å². The highest BCUT2D eigenvalue weighted by molar-refractivity contribution is 5.91. The molecule has 3 aromatic rings. The molecule has 0 fully saturated rings. The van der Waals surface area contributed by atoms with Gasteiger partial charge in [-0.3, -0.25) is 9.48 Å². The first-order valence-electron chi connectivity index (χ1n) is 8.48. The number of nitrogens with one attached hydrogen (secondary N) is 1. The lowest BCUT2D eigenvalue weighted by Gasteiger charge is -2.11. The Hall–Kier alpha value is -3.66. The predicted molar refractivity (Wildman–Crippen MR) is 103 cm³/mol. The summed E-state index contributed by atoms with van der Waals surface area (Å²) in [6.07, 6.45) is 3.75. The fourth-order valence-corrected chi connectivity index (χ4v) is 2.55. The van der Waals surface area contributed by atoms with Gasteiger partial charge in [0.1, 0.15) is 5.82 Å². The highest BCUT2D eigenvalue weighted by atomic mass is 16.1. The zero-order valence-corrected chi connectivity index (χ0v) is 15.3.